The van der Waals surface area contributed by atoms with Crippen molar-refractivity contribution in [3.8, 4) is 5.75 Å². The highest BCUT2D eigenvalue weighted by atomic mass is 32.2. The number of carbonyl (C=O) groups is 1. The fourth-order valence-electron chi connectivity index (χ4n) is 2.64. The van der Waals surface area contributed by atoms with Crippen molar-refractivity contribution in [3.63, 3.8) is 0 Å². The number of thioether (sulfide) groups is 1. The van der Waals surface area contributed by atoms with Crippen LogP contribution < -0.4 is 4.90 Å². The van der Waals surface area contributed by atoms with E-state index in [2.05, 4.69) is 0 Å². The lowest BCUT2D eigenvalue weighted by Crippen LogP contribution is -2.28. The number of phenols is 1. The average Bonchev–Trinajstić information content (AvgIpc) is 2.84. The Morgan fingerprint density at radius 2 is 1.96 bits per heavy atom. The number of hydrogen-bond acceptors (Lipinski definition) is 6. The number of rotatable bonds is 3. The van der Waals surface area contributed by atoms with E-state index in [1.54, 1.807) is 0 Å². The van der Waals surface area contributed by atoms with E-state index in [-0.39, 0.29) is 22.9 Å². The second-order valence-electron chi connectivity index (χ2n) is 5.81. The highest BCUT2D eigenvalue weighted by Gasteiger charge is 2.34. The van der Waals surface area contributed by atoms with Gasteiger partial charge in [0.25, 0.3) is 11.6 Å². The van der Waals surface area contributed by atoms with E-state index in [1.165, 1.54) is 29.2 Å². The normalized spacial score (nSPS) is 15.8. The molecule has 0 atom stereocenters. The fraction of sp³-hybridized carbons (Fsp3) is 0.111. The lowest BCUT2D eigenvalue weighted by atomic mass is 10.1. The van der Waals surface area contributed by atoms with Gasteiger partial charge < -0.3 is 5.11 Å². The summed E-state index contributed by atoms with van der Waals surface area (Å²) in [4.78, 5) is 24.9. The SMILES string of the molecule is Cc1ccc(N2C(=O)/C(=C/c3cc([N+](=O)[O-])ccc3O)SC2=S)c(C)c1. The molecule has 1 fully saturated rings. The zero-order valence-electron chi connectivity index (χ0n) is 13.9. The summed E-state index contributed by atoms with van der Waals surface area (Å²) >= 11 is 6.44. The molecule has 1 heterocycles. The zero-order chi connectivity index (χ0) is 19.0. The van der Waals surface area contributed by atoms with E-state index < -0.39 is 4.92 Å². The summed E-state index contributed by atoms with van der Waals surface area (Å²) < 4.78 is 0.373. The second kappa shape index (κ2) is 6.89. The van der Waals surface area contributed by atoms with E-state index in [4.69, 9.17) is 12.2 Å². The molecule has 0 bridgehead atoms. The van der Waals surface area contributed by atoms with Crippen LogP contribution in [-0.2, 0) is 4.79 Å². The Morgan fingerprint density at radius 1 is 1.23 bits per heavy atom. The van der Waals surface area contributed by atoms with Gasteiger partial charge in [-0.1, -0.05) is 41.7 Å². The number of phenolic OH excluding ortho intramolecular Hbond substituents is 1. The maximum absolute atomic E-state index is 12.8. The van der Waals surface area contributed by atoms with Crippen molar-refractivity contribution in [2.45, 2.75) is 13.8 Å². The lowest BCUT2D eigenvalue weighted by Gasteiger charge is -2.17. The topological polar surface area (TPSA) is 83.7 Å². The number of nitro benzene ring substituents is 1. The molecule has 6 nitrogen and oxygen atoms in total. The summed E-state index contributed by atoms with van der Waals surface area (Å²) in [7, 11) is 0. The number of hydrogen-bond donors (Lipinski definition) is 1. The molecule has 132 valence electrons. The van der Waals surface area contributed by atoms with Gasteiger partial charge in [-0.25, -0.2) is 0 Å². The Kier molecular flexibility index (Phi) is 4.80. The van der Waals surface area contributed by atoms with Crippen molar-refractivity contribution in [2.24, 2.45) is 0 Å². The minimum atomic E-state index is -0.558. The van der Waals surface area contributed by atoms with Crippen molar-refractivity contribution in [1.29, 1.82) is 0 Å². The highest BCUT2D eigenvalue weighted by molar-refractivity contribution is 8.27. The second-order valence-corrected chi connectivity index (χ2v) is 7.48. The minimum absolute atomic E-state index is 0.146. The molecule has 2 aromatic carbocycles. The number of benzene rings is 2. The van der Waals surface area contributed by atoms with E-state index >= 15 is 0 Å². The van der Waals surface area contributed by atoms with Crippen LogP contribution in [0, 0.1) is 24.0 Å². The van der Waals surface area contributed by atoms with E-state index in [0.717, 1.165) is 22.9 Å². The van der Waals surface area contributed by atoms with Gasteiger partial charge >= 0.3 is 0 Å². The van der Waals surface area contributed by atoms with Gasteiger partial charge in [-0.15, -0.1) is 0 Å². The molecular weight excluding hydrogens is 372 g/mol. The van der Waals surface area contributed by atoms with E-state index in [1.807, 2.05) is 32.0 Å². The number of nitro groups is 1. The molecule has 0 radical (unpaired) electrons. The molecule has 0 saturated carbocycles. The van der Waals surface area contributed by atoms with Crippen LogP contribution in [0.4, 0.5) is 11.4 Å². The van der Waals surface area contributed by atoms with Crippen LogP contribution in [0.1, 0.15) is 16.7 Å². The molecule has 1 aliphatic heterocycles. The van der Waals surface area contributed by atoms with Gasteiger partial charge in [0.05, 0.1) is 15.5 Å². The van der Waals surface area contributed by atoms with Gasteiger partial charge in [0.15, 0.2) is 4.32 Å². The summed E-state index contributed by atoms with van der Waals surface area (Å²) in [6, 6.07) is 9.35. The van der Waals surface area contributed by atoms with E-state index in [0.29, 0.717) is 14.9 Å². The minimum Gasteiger partial charge on any atom is -0.507 e. The van der Waals surface area contributed by atoms with Crippen LogP contribution in [0.25, 0.3) is 6.08 Å². The molecule has 26 heavy (non-hydrogen) atoms. The van der Waals surface area contributed by atoms with Crippen LogP contribution in [0.5, 0.6) is 5.75 Å². The Bertz CT molecular complexity index is 985. The predicted molar refractivity (Wildman–Crippen MR) is 106 cm³/mol. The van der Waals surface area contributed by atoms with Crippen LogP contribution >= 0.6 is 24.0 Å². The van der Waals surface area contributed by atoms with Crippen LogP contribution in [-0.4, -0.2) is 20.3 Å². The first-order valence-electron chi connectivity index (χ1n) is 7.60. The molecule has 1 saturated heterocycles. The predicted octanol–water partition coefficient (Wildman–Crippen LogP) is 4.32. The third kappa shape index (κ3) is 3.33. The van der Waals surface area contributed by atoms with Crippen LogP contribution in [0.15, 0.2) is 41.3 Å². The Morgan fingerprint density at radius 3 is 2.62 bits per heavy atom. The molecule has 1 N–H and O–H groups in total. The van der Waals surface area contributed by atoms with Crippen molar-refractivity contribution < 1.29 is 14.8 Å². The molecule has 0 aliphatic carbocycles. The quantitative estimate of drug-likeness (QED) is 0.366. The average molecular weight is 386 g/mol. The third-order valence-electron chi connectivity index (χ3n) is 3.90. The zero-order valence-corrected chi connectivity index (χ0v) is 15.6. The number of amides is 1. The molecule has 1 amide bonds. The Hall–Kier alpha value is -2.71. The maximum atomic E-state index is 12.8. The Balaban J connectivity index is 2.00. The van der Waals surface area contributed by atoms with Gasteiger partial charge in [-0.3, -0.25) is 19.8 Å². The number of nitrogens with zero attached hydrogens (tertiary/aromatic N) is 2. The molecule has 3 rings (SSSR count). The summed E-state index contributed by atoms with van der Waals surface area (Å²) in [5.74, 6) is -0.467. The van der Waals surface area contributed by atoms with Gasteiger partial charge in [0, 0.05) is 17.7 Å². The standard InChI is InChI=1S/C18H14N2O4S2/c1-10-3-5-14(11(2)7-10)19-17(22)16(26-18(19)25)9-12-8-13(20(23)24)4-6-15(12)21/h3-9,21H,1-2H3/b16-9-. The summed E-state index contributed by atoms with van der Waals surface area (Å²) in [5, 5.41) is 20.9. The molecule has 0 aromatic heterocycles. The number of non-ortho nitro benzene ring substituents is 1. The van der Waals surface area contributed by atoms with Crippen molar-refractivity contribution in [1.82, 2.24) is 0 Å². The van der Waals surface area contributed by atoms with E-state index in [9.17, 15) is 20.0 Å². The smallest absolute Gasteiger partial charge is 0.270 e. The van der Waals surface area contributed by atoms with Crippen molar-refractivity contribution >= 4 is 51.7 Å². The highest BCUT2D eigenvalue weighted by Crippen LogP contribution is 2.38. The molecule has 0 unspecified atom stereocenters. The molecule has 2 aromatic rings. The first kappa shape index (κ1) is 18.1. The first-order valence-corrected chi connectivity index (χ1v) is 8.83. The van der Waals surface area contributed by atoms with Gasteiger partial charge in [0.1, 0.15) is 5.75 Å². The summed E-state index contributed by atoms with van der Waals surface area (Å²) in [5.41, 5.74) is 2.72. The summed E-state index contributed by atoms with van der Waals surface area (Å²) in [6.45, 7) is 3.86. The summed E-state index contributed by atoms with van der Waals surface area (Å²) in [6.07, 6.45) is 1.42. The lowest BCUT2D eigenvalue weighted by molar-refractivity contribution is -0.384. The fourth-order valence-corrected chi connectivity index (χ4v) is 3.92. The largest absolute Gasteiger partial charge is 0.507 e. The molecule has 8 heteroatoms. The number of aromatic hydroxyl groups is 1. The number of anilines is 1. The molecule has 1 aliphatic rings. The number of aryl methyl sites for hydroxylation is 2. The van der Waals surface area contributed by atoms with Gasteiger partial charge in [-0.2, -0.15) is 0 Å². The molecule has 0 spiro atoms. The maximum Gasteiger partial charge on any atom is 0.270 e. The van der Waals surface area contributed by atoms with Crippen molar-refractivity contribution in [3.05, 3.63) is 68.1 Å². The van der Waals surface area contributed by atoms with Crippen LogP contribution in [0.2, 0.25) is 0 Å². The van der Waals surface area contributed by atoms with Crippen LogP contribution in [0.3, 0.4) is 0 Å². The van der Waals surface area contributed by atoms with Crippen molar-refractivity contribution in [2.75, 3.05) is 4.90 Å². The third-order valence-corrected chi connectivity index (χ3v) is 5.20. The number of carbonyl (C=O) groups excluding carboxylic acids is 1. The monoisotopic (exact) mass is 386 g/mol. The first-order chi connectivity index (χ1) is 12.3. The molecular formula is C18H14N2O4S2. The number of thiocarbonyl (C=S) groups is 1. The Labute approximate surface area is 159 Å². The van der Waals surface area contributed by atoms with Gasteiger partial charge in [-0.05, 0) is 37.6 Å². The van der Waals surface area contributed by atoms with Gasteiger partial charge in [0.2, 0.25) is 0 Å².